The van der Waals surface area contributed by atoms with E-state index in [0.717, 1.165) is 28.9 Å². The van der Waals surface area contributed by atoms with Gasteiger partial charge in [-0.1, -0.05) is 31.2 Å². The van der Waals surface area contributed by atoms with Crippen LogP contribution in [-0.2, 0) is 13.0 Å². The number of carbonyl (C=O) groups excluding carboxylic acids is 1. The van der Waals surface area contributed by atoms with Crippen LogP contribution >= 0.6 is 0 Å². The summed E-state index contributed by atoms with van der Waals surface area (Å²) in [6, 6.07) is 11.4. The fourth-order valence-corrected chi connectivity index (χ4v) is 2.61. The number of hydrogen-bond donors (Lipinski definition) is 3. The van der Waals surface area contributed by atoms with E-state index in [4.69, 9.17) is 0 Å². The van der Waals surface area contributed by atoms with E-state index in [1.807, 2.05) is 44.2 Å². The number of benzene rings is 1. The van der Waals surface area contributed by atoms with Gasteiger partial charge in [0, 0.05) is 17.3 Å². The van der Waals surface area contributed by atoms with Crippen molar-refractivity contribution < 1.29 is 9.90 Å². The fraction of sp³-hybridized carbons (Fsp3) is 0.278. The van der Waals surface area contributed by atoms with Gasteiger partial charge in [-0.25, -0.2) is 4.68 Å². The van der Waals surface area contributed by atoms with Gasteiger partial charge < -0.3 is 10.4 Å². The highest BCUT2D eigenvalue weighted by molar-refractivity contribution is 6.02. The smallest absolute Gasteiger partial charge is 0.277 e. The van der Waals surface area contributed by atoms with Crippen molar-refractivity contribution in [3.05, 3.63) is 53.3 Å². The van der Waals surface area contributed by atoms with E-state index in [1.54, 1.807) is 10.7 Å². The molecule has 2 aromatic heterocycles. The molecule has 0 bridgehead atoms. The fourth-order valence-electron chi connectivity index (χ4n) is 2.61. The molecule has 3 rings (SSSR count). The van der Waals surface area contributed by atoms with Crippen molar-refractivity contribution in [1.29, 1.82) is 0 Å². The van der Waals surface area contributed by atoms with Gasteiger partial charge in [-0.05, 0) is 25.0 Å². The van der Waals surface area contributed by atoms with Crippen LogP contribution in [0.1, 0.15) is 28.7 Å². The number of rotatable bonds is 6. The van der Waals surface area contributed by atoms with Crippen LogP contribution in [-0.4, -0.2) is 37.6 Å². The number of amides is 1. The number of aliphatic hydroxyl groups is 1. The minimum absolute atomic E-state index is 0.0693. The van der Waals surface area contributed by atoms with E-state index in [-0.39, 0.29) is 12.5 Å². The molecule has 0 unspecified atom stereocenters. The number of nitrogens with one attached hydrogen (secondary N) is 2. The van der Waals surface area contributed by atoms with E-state index >= 15 is 0 Å². The molecule has 7 nitrogen and oxygen atoms in total. The molecule has 7 heteroatoms. The van der Waals surface area contributed by atoms with Gasteiger partial charge in [-0.2, -0.15) is 10.2 Å². The summed E-state index contributed by atoms with van der Waals surface area (Å²) in [5.74, 6) is 0.213. The first-order valence-electron chi connectivity index (χ1n) is 8.22. The molecular formula is C18H21N5O2. The Labute approximate surface area is 145 Å². The number of aromatic nitrogens is 4. The zero-order valence-electron chi connectivity index (χ0n) is 14.3. The maximum Gasteiger partial charge on any atom is 0.277 e. The van der Waals surface area contributed by atoms with E-state index < -0.39 is 0 Å². The molecule has 2 heterocycles. The van der Waals surface area contributed by atoms with E-state index in [1.165, 1.54) is 0 Å². The van der Waals surface area contributed by atoms with Gasteiger partial charge >= 0.3 is 0 Å². The number of nitrogens with zero attached hydrogens (tertiary/aromatic N) is 3. The second-order valence-electron chi connectivity index (χ2n) is 5.76. The van der Waals surface area contributed by atoms with Crippen molar-refractivity contribution in [3.63, 3.8) is 0 Å². The molecular weight excluding hydrogens is 318 g/mol. The van der Waals surface area contributed by atoms with Crippen LogP contribution < -0.4 is 5.32 Å². The average Bonchev–Trinajstić information content (AvgIpc) is 3.23. The van der Waals surface area contributed by atoms with Crippen LogP contribution in [0.3, 0.4) is 0 Å². The second kappa shape index (κ2) is 7.31. The van der Waals surface area contributed by atoms with Crippen molar-refractivity contribution in [2.45, 2.75) is 26.8 Å². The first-order chi connectivity index (χ1) is 12.1. The summed E-state index contributed by atoms with van der Waals surface area (Å²) in [6.45, 7) is 4.22. The Kier molecular flexibility index (Phi) is 4.95. The highest BCUT2D eigenvalue weighted by atomic mass is 16.3. The third-order valence-corrected chi connectivity index (χ3v) is 4.00. The van der Waals surface area contributed by atoms with Crippen LogP contribution in [0.2, 0.25) is 0 Å². The van der Waals surface area contributed by atoms with Crippen LogP contribution in [0.25, 0.3) is 11.3 Å². The maximum absolute atomic E-state index is 12.4. The Hall–Kier alpha value is -2.93. The Morgan fingerprint density at radius 2 is 2.12 bits per heavy atom. The van der Waals surface area contributed by atoms with Gasteiger partial charge in [-0.15, -0.1) is 0 Å². The molecule has 0 fully saturated rings. The number of anilines is 1. The van der Waals surface area contributed by atoms with E-state index in [9.17, 15) is 9.90 Å². The normalized spacial score (nSPS) is 10.8. The number of aliphatic hydroxyl groups excluding tert-OH is 1. The van der Waals surface area contributed by atoms with Gasteiger partial charge in [-0.3, -0.25) is 9.89 Å². The van der Waals surface area contributed by atoms with Gasteiger partial charge in [0.1, 0.15) is 5.82 Å². The van der Waals surface area contributed by atoms with Crippen LogP contribution in [0, 0.1) is 6.92 Å². The molecule has 1 aromatic carbocycles. The van der Waals surface area contributed by atoms with Gasteiger partial charge in [0.25, 0.3) is 5.91 Å². The summed E-state index contributed by atoms with van der Waals surface area (Å²) in [7, 11) is 0. The first-order valence-corrected chi connectivity index (χ1v) is 8.22. The summed E-state index contributed by atoms with van der Waals surface area (Å²) in [4.78, 5) is 12.4. The highest BCUT2D eigenvalue weighted by Gasteiger charge is 2.16. The molecule has 1 amide bonds. The van der Waals surface area contributed by atoms with Crippen molar-refractivity contribution in [2.75, 3.05) is 11.9 Å². The summed E-state index contributed by atoms with van der Waals surface area (Å²) in [5, 5.41) is 23.5. The lowest BCUT2D eigenvalue weighted by atomic mass is 10.1. The molecule has 0 aliphatic heterocycles. The van der Waals surface area contributed by atoms with Gasteiger partial charge in [0.15, 0.2) is 5.69 Å². The topological polar surface area (TPSA) is 95.8 Å². The third kappa shape index (κ3) is 3.61. The quantitative estimate of drug-likeness (QED) is 0.642. The largest absolute Gasteiger partial charge is 0.394 e. The standard InChI is InChI=1S/C18H21N5O2/c1-3-13-10-16(21-20-13)18(25)19-17-11-15(22-23(17)8-9-24)14-7-5-4-6-12(14)2/h4-7,10-11,24H,3,8-9H2,1-2H3,(H,19,25)(H,20,21). The van der Waals surface area contributed by atoms with Gasteiger partial charge in [0.05, 0.1) is 18.8 Å². The summed E-state index contributed by atoms with van der Waals surface area (Å²) in [5.41, 5.74) is 4.05. The van der Waals surface area contributed by atoms with E-state index in [0.29, 0.717) is 18.1 Å². The van der Waals surface area contributed by atoms with Crippen molar-refractivity contribution in [1.82, 2.24) is 20.0 Å². The lowest BCUT2D eigenvalue weighted by Gasteiger charge is -2.05. The molecule has 3 N–H and O–H groups in total. The molecule has 0 radical (unpaired) electrons. The minimum Gasteiger partial charge on any atom is -0.394 e. The summed E-state index contributed by atoms with van der Waals surface area (Å²) >= 11 is 0. The predicted molar refractivity (Wildman–Crippen MR) is 95.4 cm³/mol. The van der Waals surface area contributed by atoms with Crippen LogP contribution in [0.4, 0.5) is 5.82 Å². The van der Waals surface area contributed by atoms with E-state index in [2.05, 4.69) is 20.6 Å². The number of aromatic amines is 1. The lowest BCUT2D eigenvalue weighted by Crippen LogP contribution is -2.17. The molecule has 3 aromatic rings. The molecule has 0 aliphatic carbocycles. The van der Waals surface area contributed by atoms with Crippen LogP contribution in [0.15, 0.2) is 36.4 Å². The number of carbonyl (C=O) groups is 1. The zero-order valence-corrected chi connectivity index (χ0v) is 14.3. The predicted octanol–water partition coefficient (Wildman–Crippen LogP) is 2.39. The van der Waals surface area contributed by atoms with Crippen molar-refractivity contribution in [2.24, 2.45) is 0 Å². The Morgan fingerprint density at radius 1 is 1.32 bits per heavy atom. The SMILES string of the molecule is CCc1cc(C(=O)Nc2cc(-c3ccccc3C)nn2CCO)n[nH]1. The lowest BCUT2D eigenvalue weighted by molar-refractivity contribution is 0.102. The highest BCUT2D eigenvalue weighted by Crippen LogP contribution is 2.25. The molecule has 0 aliphatic rings. The monoisotopic (exact) mass is 339 g/mol. The number of aryl methyl sites for hydroxylation is 2. The molecule has 0 saturated carbocycles. The Balaban J connectivity index is 1.89. The number of hydrogen-bond acceptors (Lipinski definition) is 4. The molecule has 25 heavy (non-hydrogen) atoms. The maximum atomic E-state index is 12.4. The van der Waals surface area contributed by atoms with Crippen molar-refractivity contribution >= 4 is 11.7 Å². The zero-order chi connectivity index (χ0) is 17.8. The Bertz CT molecular complexity index is 881. The molecule has 130 valence electrons. The number of H-pyrrole nitrogens is 1. The molecule has 0 spiro atoms. The van der Waals surface area contributed by atoms with Crippen molar-refractivity contribution in [3.8, 4) is 11.3 Å². The summed E-state index contributed by atoms with van der Waals surface area (Å²) in [6.07, 6.45) is 0.778. The average molecular weight is 339 g/mol. The molecule has 0 atom stereocenters. The Morgan fingerprint density at radius 3 is 2.80 bits per heavy atom. The molecule has 0 saturated heterocycles. The third-order valence-electron chi connectivity index (χ3n) is 4.00. The first kappa shape index (κ1) is 16.9. The van der Waals surface area contributed by atoms with Gasteiger partial charge in [0.2, 0.25) is 0 Å². The minimum atomic E-state index is -0.314. The van der Waals surface area contributed by atoms with Crippen LogP contribution in [0.5, 0.6) is 0 Å². The summed E-state index contributed by atoms with van der Waals surface area (Å²) < 4.78 is 1.59. The second-order valence-corrected chi connectivity index (χ2v) is 5.76.